The van der Waals surface area contributed by atoms with Crippen LogP contribution in [-0.2, 0) is 4.74 Å². The van der Waals surface area contributed by atoms with Crippen LogP contribution in [0.2, 0.25) is 0 Å². The molecule has 0 saturated carbocycles. The zero-order valence-electron chi connectivity index (χ0n) is 11.7. The Morgan fingerprint density at radius 2 is 2.35 bits per heavy atom. The fraction of sp³-hybridized carbons (Fsp3) is 0.562. The van der Waals surface area contributed by atoms with E-state index >= 15 is 0 Å². The van der Waals surface area contributed by atoms with Gasteiger partial charge in [-0.3, -0.25) is 4.79 Å². The minimum Gasteiger partial charge on any atom is -0.374 e. The van der Waals surface area contributed by atoms with Crippen molar-refractivity contribution in [3.8, 4) is 0 Å². The second kappa shape index (κ2) is 5.49. The molecule has 4 heteroatoms. The summed E-state index contributed by atoms with van der Waals surface area (Å²) in [4.78, 5) is 12.6. The van der Waals surface area contributed by atoms with Crippen LogP contribution in [0.15, 0.2) is 18.2 Å². The first kappa shape index (κ1) is 14.1. The Morgan fingerprint density at radius 1 is 1.50 bits per heavy atom. The van der Waals surface area contributed by atoms with Crippen LogP contribution in [0.4, 0.5) is 4.39 Å². The van der Waals surface area contributed by atoms with Gasteiger partial charge >= 0.3 is 0 Å². The first-order valence-corrected chi connectivity index (χ1v) is 8.27. The molecule has 2 saturated heterocycles. The van der Waals surface area contributed by atoms with Gasteiger partial charge in [-0.25, -0.2) is 4.39 Å². The summed E-state index contributed by atoms with van der Waals surface area (Å²) in [6.45, 7) is 2.36. The van der Waals surface area contributed by atoms with Gasteiger partial charge in [0.05, 0.1) is 5.60 Å². The molecular formula is C16H19FO2S. The molecule has 2 heterocycles. The summed E-state index contributed by atoms with van der Waals surface area (Å²) in [6, 6.07) is 4.67. The first-order valence-electron chi connectivity index (χ1n) is 7.12. The van der Waals surface area contributed by atoms with Crippen molar-refractivity contribution in [3.63, 3.8) is 0 Å². The number of Topliss-reactive ketones (excluding diaryl/α,β-unsaturated/α-hetero) is 1. The Morgan fingerprint density at radius 3 is 3.05 bits per heavy atom. The van der Waals surface area contributed by atoms with Crippen molar-refractivity contribution in [2.75, 3.05) is 18.1 Å². The summed E-state index contributed by atoms with van der Waals surface area (Å²) in [5, 5.41) is 0. The van der Waals surface area contributed by atoms with E-state index in [9.17, 15) is 9.18 Å². The summed E-state index contributed by atoms with van der Waals surface area (Å²) in [6.07, 6.45) is 2.64. The smallest absolute Gasteiger partial charge is 0.166 e. The van der Waals surface area contributed by atoms with Gasteiger partial charge in [0.2, 0.25) is 0 Å². The second-order valence-corrected chi connectivity index (χ2v) is 6.96. The van der Waals surface area contributed by atoms with Gasteiger partial charge in [-0.05, 0) is 55.7 Å². The Kier molecular flexibility index (Phi) is 3.87. The third-order valence-corrected chi connectivity index (χ3v) is 5.60. The van der Waals surface area contributed by atoms with Crippen LogP contribution in [0, 0.1) is 18.7 Å². The number of aryl methyl sites for hydroxylation is 1. The van der Waals surface area contributed by atoms with E-state index in [1.165, 1.54) is 6.07 Å². The van der Waals surface area contributed by atoms with Crippen LogP contribution in [0.3, 0.4) is 0 Å². The van der Waals surface area contributed by atoms with Gasteiger partial charge in [0, 0.05) is 23.8 Å². The number of rotatable bonds is 2. The van der Waals surface area contributed by atoms with Crippen LogP contribution < -0.4 is 0 Å². The minimum atomic E-state index is -0.253. The molecule has 0 N–H and O–H groups in total. The molecule has 0 aliphatic carbocycles. The van der Waals surface area contributed by atoms with Crippen molar-refractivity contribution in [1.82, 2.24) is 0 Å². The van der Waals surface area contributed by atoms with E-state index in [-0.39, 0.29) is 23.1 Å². The molecule has 1 aromatic rings. The molecule has 1 spiro atoms. The number of carbonyl (C=O) groups excluding carboxylic acids is 1. The van der Waals surface area contributed by atoms with Crippen LogP contribution in [-0.4, -0.2) is 29.5 Å². The Bertz CT molecular complexity index is 523. The second-order valence-electron chi connectivity index (χ2n) is 5.85. The quantitative estimate of drug-likeness (QED) is 0.779. The standard InChI is InChI=1S/C16H19FO2S/c1-11-8-12(2-3-14(11)17)15(18)13-4-6-19-16(9-13)5-7-20-10-16/h2-3,8,13H,4-7,9-10H2,1H3. The van der Waals surface area contributed by atoms with Gasteiger partial charge < -0.3 is 4.74 Å². The van der Waals surface area contributed by atoms with E-state index in [4.69, 9.17) is 4.74 Å². The van der Waals surface area contributed by atoms with Gasteiger partial charge in [0.1, 0.15) is 5.82 Å². The van der Waals surface area contributed by atoms with Crippen molar-refractivity contribution < 1.29 is 13.9 Å². The van der Waals surface area contributed by atoms with Crippen molar-refractivity contribution in [2.24, 2.45) is 5.92 Å². The largest absolute Gasteiger partial charge is 0.374 e. The molecule has 2 aliphatic rings. The van der Waals surface area contributed by atoms with E-state index in [2.05, 4.69) is 0 Å². The average molecular weight is 294 g/mol. The lowest BCUT2D eigenvalue weighted by molar-refractivity contribution is -0.0734. The molecule has 2 nitrogen and oxygen atoms in total. The summed E-state index contributed by atoms with van der Waals surface area (Å²) < 4.78 is 19.3. The Balaban J connectivity index is 1.77. The highest BCUT2D eigenvalue weighted by Gasteiger charge is 2.42. The lowest BCUT2D eigenvalue weighted by Gasteiger charge is -2.37. The monoisotopic (exact) mass is 294 g/mol. The number of hydrogen-bond acceptors (Lipinski definition) is 3. The minimum absolute atomic E-state index is 0.0207. The highest BCUT2D eigenvalue weighted by molar-refractivity contribution is 7.99. The van der Waals surface area contributed by atoms with Crippen LogP contribution in [0.5, 0.6) is 0 Å². The van der Waals surface area contributed by atoms with Crippen molar-refractivity contribution in [3.05, 3.63) is 35.1 Å². The third kappa shape index (κ3) is 2.63. The van der Waals surface area contributed by atoms with E-state index in [1.807, 2.05) is 11.8 Å². The first-order chi connectivity index (χ1) is 9.60. The molecule has 0 amide bonds. The van der Waals surface area contributed by atoms with Gasteiger partial charge in [-0.15, -0.1) is 0 Å². The SMILES string of the molecule is Cc1cc(C(=O)C2CCOC3(CCSC3)C2)ccc1F. The Hall–Kier alpha value is -0.870. The molecule has 20 heavy (non-hydrogen) atoms. The maximum Gasteiger partial charge on any atom is 0.166 e. The summed E-state index contributed by atoms with van der Waals surface area (Å²) in [5.74, 6) is 2.03. The number of hydrogen-bond donors (Lipinski definition) is 0. The zero-order valence-corrected chi connectivity index (χ0v) is 12.5. The fourth-order valence-electron chi connectivity index (χ4n) is 3.15. The zero-order chi connectivity index (χ0) is 14.2. The maximum atomic E-state index is 13.3. The number of thioether (sulfide) groups is 1. The molecule has 1 aromatic carbocycles. The van der Waals surface area contributed by atoms with Crippen molar-refractivity contribution >= 4 is 17.5 Å². The van der Waals surface area contributed by atoms with E-state index in [1.54, 1.807) is 19.1 Å². The lowest BCUT2D eigenvalue weighted by Crippen LogP contribution is -2.42. The van der Waals surface area contributed by atoms with Gasteiger partial charge in [0.25, 0.3) is 0 Å². The predicted molar refractivity (Wildman–Crippen MR) is 78.8 cm³/mol. The summed E-state index contributed by atoms with van der Waals surface area (Å²) in [7, 11) is 0. The third-order valence-electron chi connectivity index (χ3n) is 4.37. The Labute approximate surface area is 123 Å². The van der Waals surface area contributed by atoms with Gasteiger partial charge in [-0.1, -0.05) is 0 Å². The highest BCUT2D eigenvalue weighted by Crippen LogP contribution is 2.41. The summed E-state index contributed by atoms with van der Waals surface area (Å²) in [5.41, 5.74) is 1.09. The summed E-state index contributed by atoms with van der Waals surface area (Å²) >= 11 is 1.91. The van der Waals surface area contributed by atoms with Crippen LogP contribution in [0.25, 0.3) is 0 Å². The molecule has 3 rings (SSSR count). The van der Waals surface area contributed by atoms with Crippen LogP contribution in [0.1, 0.15) is 35.2 Å². The highest BCUT2D eigenvalue weighted by atomic mass is 32.2. The number of ketones is 1. The molecule has 2 fully saturated rings. The maximum absolute atomic E-state index is 13.3. The molecule has 0 aromatic heterocycles. The topological polar surface area (TPSA) is 26.3 Å². The number of carbonyl (C=O) groups is 1. The van der Waals surface area contributed by atoms with E-state index < -0.39 is 0 Å². The lowest BCUT2D eigenvalue weighted by atomic mass is 9.81. The molecule has 0 bridgehead atoms. The number of ether oxygens (including phenoxy) is 1. The normalized spacial score (nSPS) is 29.8. The van der Waals surface area contributed by atoms with Crippen LogP contribution >= 0.6 is 11.8 Å². The number of halogens is 1. The van der Waals surface area contributed by atoms with Gasteiger partial charge in [-0.2, -0.15) is 11.8 Å². The molecule has 108 valence electrons. The van der Waals surface area contributed by atoms with Gasteiger partial charge in [0.15, 0.2) is 5.78 Å². The van der Waals surface area contributed by atoms with Crippen molar-refractivity contribution in [1.29, 1.82) is 0 Å². The molecular weight excluding hydrogens is 275 g/mol. The molecule has 2 atom stereocenters. The van der Waals surface area contributed by atoms with E-state index in [0.29, 0.717) is 17.7 Å². The number of benzene rings is 1. The molecule has 2 unspecified atom stereocenters. The fourth-order valence-corrected chi connectivity index (χ4v) is 4.53. The average Bonchev–Trinajstić information content (AvgIpc) is 2.89. The predicted octanol–water partition coefficient (Wildman–Crippen LogP) is 3.62. The van der Waals surface area contributed by atoms with E-state index in [0.717, 1.165) is 30.8 Å². The molecule has 2 aliphatic heterocycles. The molecule has 0 radical (unpaired) electrons. The van der Waals surface area contributed by atoms with Crippen molar-refractivity contribution in [2.45, 2.75) is 31.8 Å².